The first-order valence-electron chi connectivity index (χ1n) is 9.13. The Morgan fingerprint density at radius 3 is 2.38 bits per heavy atom. The van der Waals surface area contributed by atoms with Gasteiger partial charge in [-0.05, 0) is 38.1 Å². The first-order chi connectivity index (χ1) is 14.0. The number of esters is 1. The molecule has 0 unspecified atom stereocenters. The number of rotatable bonds is 7. The number of hydrogen-bond acceptors (Lipinski definition) is 6. The molecule has 3 rings (SSSR count). The Morgan fingerprint density at radius 2 is 1.76 bits per heavy atom. The van der Waals surface area contributed by atoms with Gasteiger partial charge >= 0.3 is 5.97 Å². The minimum absolute atomic E-state index is 0.164. The summed E-state index contributed by atoms with van der Waals surface area (Å²) in [5.41, 5.74) is 3.22. The van der Waals surface area contributed by atoms with Gasteiger partial charge in [0.1, 0.15) is 0 Å². The standard InChI is InChI=1S/C21H22N4O3S/c1-4-25-19(15-7-5-14(2)6-8-15)23-24-21(25)29-13-18(26)22-17-11-9-16(10-12-17)20(27)28-3/h5-12H,4,13H2,1-3H3,(H,22,26). The molecule has 150 valence electrons. The van der Waals surface area contributed by atoms with Gasteiger partial charge in [-0.25, -0.2) is 4.79 Å². The van der Waals surface area contributed by atoms with E-state index in [0.29, 0.717) is 23.0 Å². The number of nitrogens with one attached hydrogen (secondary N) is 1. The summed E-state index contributed by atoms with van der Waals surface area (Å²) < 4.78 is 6.66. The van der Waals surface area contributed by atoms with Crippen LogP contribution in [-0.4, -0.2) is 39.5 Å². The van der Waals surface area contributed by atoms with E-state index in [0.717, 1.165) is 11.4 Å². The molecule has 0 fully saturated rings. The Hall–Kier alpha value is -3.13. The van der Waals surface area contributed by atoms with Crippen LogP contribution in [0.15, 0.2) is 53.7 Å². The van der Waals surface area contributed by atoms with Crippen molar-refractivity contribution in [3.8, 4) is 11.4 Å². The fraction of sp³-hybridized carbons (Fsp3) is 0.238. The van der Waals surface area contributed by atoms with E-state index >= 15 is 0 Å². The van der Waals surface area contributed by atoms with Crippen LogP contribution in [0.2, 0.25) is 0 Å². The van der Waals surface area contributed by atoms with Gasteiger partial charge in [-0.15, -0.1) is 10.2 Å². The van der Waals surface area contributed by atoms with Crippen molar-refractivity contribution in [2.24, 2.45) is 0 Å². The predicted molar refractivity (Wildman–Crippen MR) is 113 cm³/mol. The summed E-state index contributed by atoms with van der Waals surface area (Å²) in [6, 6.07) is 14.7. The smallest absolute Gasteiger partial charge is 0.337 e. The van der Waals surface area contributed by atoms with Crippen LogP contribution in [0.25, 0.3) is 11.4 Å². The predicted octanol–water partition coefficient (Wildman–Crippen LogP) is 3.79. The van der Waals surface area contributed by atoms with Gasteiger partial charge in [-0.3, -0.25) is 4.79 Å². The van der Waals surface area contributed by atoms with Crippen LogP contribution in [0.4, 0.5) is 5.69 Å². The maximum absolute atomic E-state index is 12.3. The van der Waals surface area contributed by atoms with E-state index in [2.05, 4.69) is 20.3 Å². The molecular weight excluding hydrogens is 388 g/mol. The molecule has 0 atom stereocenters. The van der Waals surface area contributed by atoms with E-state index in [4.69, 9.17) is 0 Å². The summed E-state index contributed by atoms with van der Waals surface area (Å²) in [6.07, 6.45) is 0. The summed E-state index contributed by atoms with van der Waals surface area (Å²) in [6.45, 7) is 4.76. The van der Waals surface area contributed by atoms with Gasteiger partial charge < -0.3 is 14.6 Å². The molecule has 2 aromatic carbocycles. The minimum atomic E-state index is -0.415. The van der Waals surface area contributed by atoms with Gasteiger partial charge in [-0.1, -0.05) is 41.6 Å². The van der Waals surface area contributed by atoms with E-state index in [-0.39, 0.29) is 11.7 Å². The Morgan fingerprint density at radius 1 is 1.07 bits per heavy atom. The average Bonchev–Trinajstić information content (AvgIpc) is 3.15. The third-order valence-corrected chi connectivity index (χ3v) is 5.23. The molecule has 1 aromatic heterocycles. The molecule has 1 N–H and O–H groups in total. The second-order valence-electron chi connectivity index (χ2n) is 6.32. The van der Waals surface area contributed by atoms with E-state index in [1.165, 1.54) is 24.4 Å². The van der Waals surface area contributed by atoms with Gasteiger partial charge in [0.25, 0.3) is 0 Å². The summed E-state index contributed by atoms with van der Waals surface area (Å²) in [4.78, 5) is 23.8. The molecule has 0 saturated heterocycles. The number of nitrogens with zero attached hydrogens (tertiary/aromatic N) is 3. The lowest BCUT2D eigenvalue weighted by molar-refractivity contribution is -0.113. The second-order valence-corrected chi connectivity index (χ2v) is 7.26. The zero-order valence-corrected chi connectivity index (χ0v) is 17.3. The number of carbonyl (C=O) groups excluding carboxylic acids is 2. The molecule has 0 saturated carbocycles. The van der Waals surface area contributed by atoms with Crippen LogP contribution >= 0.6 is 11.8 Å². The zero-order valence-electron chi connectivity index (χ0n) is 16.5. The van der Waals surface area contributed by atoms with E-state index < -0.39 is 5.97 Å². The van der Waals surface area contributed by atoms with Crippen LogP contribution in [0.3, 0.4) is 0 Å². The number of carbonyl (C=O) groups is 2. The highest BCUT2D eigenvalue weighted by Gasteiger charge is 2.15. The Bertz CT molecular complexity index is 998. The number of aryl methyl sites for hydroxylation is 1. The quantitative estimate of drug-likeness (QED) is 0.471. The molecule has 29 heavy (non-hydrogen) atoms. The van der Waals surface area contributed by atoms with Crippen molar-refractivity contribution in [1.29, 1.82) is 0 Å². The molecular formula is C21H22N4O3S. The molecule has 7 nitrogen and oxygen atoms in total. The highest BCUT2D eigenvalue weighted by Crippen LogP contribution is 2.24. The van der Waals surface area contributed by atoms with Gasteiger partial charge in [-0.2, -0.15) is 0 Å². The van der Waals surface area contributed by atoms with Crippen molar-refractivity contribution >= 4 is 29.3 Å². The number of hydrogen-bond donors (Lipinski definition) is 1. The van der Waals surface area contributed by atoms with Crippen LogP contribution in [0.5, 0.6) is 0 Å². The lowest BCUT2D eigenvalue weighted by Crippen LogP contribution is -2.14. The summed E-state index contributed by atoms with van der Waals surface area (Å²) in [5, 5.41) is 12.1. The first kappa shape index (κ1) is 20.6. The lowest BCUT2D eigenvalue weighted by atomic mass is 10.1. The largest absolute Gasteiger partial charge is 0.465 e. The van der Waals surface area contributed by atoms with Crippen molar-refractivity contribution in [2.75, 3.05) is 18.2 Å². The van der Waals surface area contributed by atoms with Crippen LogP contribution in [0, 0.1) is 6.92 Å². The molecule has 0 aliphatic heterocycles. The maximum atomic E-state index is 12.3. The SMILES string of the molecule is CCn1c(SCC(=O)Nc2ccc(C(=O)OC)cc2)nnc1-c1ccc(C)cc1. The van der Waals surface area contributed by atoms with Crippen molar-refractivity contribution < 1.29 is 14.3 Å². The minimum Gasteiger partial charge on any atom is -0.465 e. The Kier molecular flexibility index (Phi) is 6.66. The molecule has 0 bridgehead atoms. The summed E-state index contributed by atoms with van der Waals surface area (Å²) >= 11 is 1.33. The van der Waals surface area contributed by atoms with Crippen molar-refractivity contribution in [1.82, 2.24) is 14.8 Å². The topological polar surface area (TPSA) is 86.1 Å². The molecule has 0 radical (unpaired) electrons. The molecule has 0 aliphatic carbocycles. The number of benzene rings is 2. The fourth-order valence-electron chi connectivity index (χ4n) is 2.73. The summed E-state index contributed by atoms with van der Waals surface area (Å²) in [7, 11) is 1.33. The van der Waals surface area contributed by atoms with Crippen molar-refractivity contribution in [3.05, 3.63) is 59.7 Å². The third-order valence-electron chi connectivity index (χ3n) is 4.26. The molecule has 0 aliphatic rings. The normalized spacial score (nSPS) is 10.6. The Labute approximate surface area is 173 Å². The van der Waals surface area contributed by atoms with Crippen LogP contribution < -0.4 is 5.32 Å². The van der Waals surface area contributed by atoms with E-state index in [1.54, 1.807) is 24.3 Å². The van der Waals surface area contributed by atoms with Gasteiger partial charge in [0.15, 0.2) is 11.0 Å². The monoisotopic (exact) mass is 410 g/mol. The fourth-order valence-corrected chi connectivity index (χ4v) is 3.53. The molecule has 0 spiro atoms. The third kappa shape index (κ3) is 5.03. The Balaban J connectivity index is 1.63. The maximum Gasteiger partial charge on any atom is 0.337 e. The first-order valence-corrected chi connectivity index (χ1v) is 10.1. The number of methoxy groups -OCH3 is 1. The second kappa shape index (κ2) is 9.38. The molecule has 8 heteroatoms. The van der Waals surface area contributed by atoms with Crippen LogP contribution in [-0.2, 0) is 16.1 Å². The van der Waals surface area contributed by atoms with Crippen LogP contribution in [0.1, 0.15) is 22.8 Å². The number of aromatic nitrogens is 3. The highest BCUT2D eigenvalue weighted by molar-refractivity contribution is 7.99. The van der Waals surface area contributed by atoms with Crippen molar-refractivity contribution in [2.45, 2.75) is 25.5 Å². The lowest BCUT2D eigenvalue weighted by Gasteiger charge is -2.08. The van der Waals surface area contributed by atoms with Gasteiger partial charge in [0.05, 0.1) is 18.4 Å². The number of thioether (sulfide) groups is 1. The van der Waals surface area contributed by atoms with Gasteiger partial charge in [0, 0.05) is 17.8 Å². The zero-order chi connectivity index (χ0) is 20.8. The van der Waals surface area contributed by atoms with Gasteiger partial charge in [0.2, 0.25) is 5.91 Å². The summed E-state index contributed by atoms with van der Waals surface area (Å²) in [5.74, 6) is 0.406. The van der Waals surface area contributed by atoms with Crippen molar-refractivity contribution in [3.63, 3.8) is 0 Å². The number of ether oxygens (including phenoxy) is 1. The molecule has 1 heterocycles. The highest BCUT2D eigenvalue weighted by atomic mass is 32.2. The average molecular weight is 410 g/mol. The van der Waals surface area contributed by atoms with E-state index in [1.807, 2.05) is 42.7 Å². The molecule has 3 aromatic rings. The van der Waals surface area contributed by atoms with E-state index in [9.17, 15) is 9.59 Å². The molecule has 1 amide bonds. The number of anilines is 1. The number of amides is 1.